The molecule has 3 heterocycles. The first kappa shape index (κ1) is 21.8. The number of hydrogen-bond donors (Lipinski definition) is 0. The lowest BCUT2D eigenvalue weighted by Crippen LogP contribution is -2.40. The molecule has 0 aliphatic carbocycles. The van der Waals surface area contributed by atoms with E-state index in [4.69, 9.17) is 4.98 Å². The van der Waals surface area contributed by atoms with Crippen LogP contribution in [-0.4, -0.2) is 33.4 Å². The molecule has 0 radical (unpaired) electrons. The summed E-state index contributed by atoms with van der Waals surface area (Å²) in [5, 5.41) is 0. The molecule has 0 amide bonds. The number of anilines is 1. The van der Waals surface area contributed by atoms with Crippen molar-refractivity contribution in [3.63, 3.8) is 0 Å². The highest BCUT2D eigenvalue weighted by Crippen LogP contribution is 2.30. The summed E-state index contributed by atoms with van der Waals surface area (Å²) in [5.74, 6) is 0.767. The SMILES string of the molecule is Cn1c(N2CCC(C(=O)c3ccccc3-c3ccccc3)CC2)nc(-c2ccncc2)cc1=O. The molecule has 1 aliphatic rings. The maximum absolute atomic E-state index is 13.5. The van der Waals surface area contributed by atoms with Crippen molar-refractivity contribution in [3.05, 3.63) is 101 Å². The molecule has 0 atom stereocenters. The molecule has 6 nitrogen and oxygen atoms in total. The van der Waals surface area contributed by atoms with Crippen LogP contribution in [0.5, 0.6) is 0 Å². The van der Waals surface area contributed by atoms with Crippen LogP contribution in [0.2, 0.25) is 0 Å². The Kier molecular flexibility index (Phi) is 6.04. The summed E-state index contributed by atoms with van der Waals surface area (Å²) in [7, 11) is 1.74. The van der Waals surface area contributed by atoms with E-state index in [-0.39, 0.29) is 17.3 Å². The van der Waals surface area contributed by atoms with Gasteiger partial charge >= 0.3 is 0 Å². The first-order valence-electron chi connectivity index (χ1n) is 11.5. The minimum atomic E-state index is -0.105. The lowest BCUT2D eigenvalue weighted by atomic mass is 9.86. The predicted molar refractivity (Wildman–Crippen MR) is 134 cm³/mol. The Morgan fingerprint density at radius 3 is 2.29 bits per heavy atom. The zero-order valence-electron chi connectivity index (χ0n) is 19.1. The molecule has 2 aromatic carbocycles. The van der Waals surface area contributed by atoms with Crippen LogP contribution in [0.4, 0.5) is 5.95 Å². The number of rotatable bonds is 5. The van der Waals surface area contributed by atoms with Crippen LogP contribution >= 0.6 is 0 Å². The van der Waals surface area contributed by atoms with Gasteiger partial charge in [0.1, 0.15) is 0 Å². The summed E-state index contributed by atoms with van der Waals surface area (Å²) in [6, 6.07) is 23.1. The van der Waals surface area contributed by atoms with E-state index in [0.29, 0.717) is 24.7 Å². The normalized spacial score (nSPS) is 14.2. The van der Waals surface area contributed by atoms with Crippen LogP contribution in [0, 0.1) is 5.92 Å². The highest BCUT2D eigenvalue weighted by atomic mass is 16.1. The Morgan fingerprint density at radius 1 is 0.882 bits per heavy atom. The topological polar surface area (TPSA) is 68.1 Å². The molecule has 0 spiro atoms. The van der Waals surface area contributed by atoms with Crippen molar-refractivity contribution in [2.45, 2.75) is 12.8 Å². The number of benzene rings is 2. The van der Waals surface area contributed by atoms with E-state index in [0.717, 1.165) is 35.1 Å². The summed E-state index contributed by atoms with van der Waals surface area (Å²) < 4.78 is 1.58. The van der Waals surface area contributed by atoms with Crippen LogP contribution in [0.25, 0.3) is 22.4 Å². The zero-order valence-corrected chi connectivity index (χ0v) is 19.1. The highest BCUT2D eigenvalue weighted by molar-refractivity contribution is 6.03. The molecule has 0 bridgehead atoms. The van der Waals surface area contributed by atoms with Crippen molar-refractivity contribution in [1.29, 1.82) is 0 Å². The lowest BCUT2D eigenvalue weighted by Gasteiger charge is -2.33. The molecule has 6 heteroatoms. The van der Waals surface area contributed by atoms with Crippen LogP contribution in [0.15, 0.2) is 90.0 Å². The maximum Gasteiger partial charge on any atom is 0.255 e. The number of pyridine rings is 1. The van der Waals surface area contributed by atoms with Crippen molar-refractivity contribution in [1.82, 2.24) is 14.5 Å². The van der Waals surface area contributed by atoms with Gasteiger partial charge < -0.3 is 4.90 Å². The number of hydrogen-bond acceptors (Lipinski definition) is 5. The zero-order chi connectivity index (χ0) is 23.5. The molecule has 1 fully saturated rings. The third kappa shape index (κ3) is 4.27. The van der Waals surface area contributed by atoms with Gasteiger partial charge in [0, 0.05) is 55.6 Å². The lowest BCUT2D eigenvalue weighted by molar-refractivity contribution is 0.0901. The largest absolute Gasteiger partial charge is 0.342 e. The summed E-state index contributed by atoms with van der Waals surface area (Å²) in [6.45, 7) is 1.34. The molecule has 4 aromatic rings. The number of carbonyl (C=O) groups is 1. The van der Waals surface area contributed by atoms with E-state index < -0.39 is 0 Å². The molecule has 1 aliphatic heterocycles. The van der Waals surface area contributed by atoms with E-state index in [1.54, 1.807) is 30.1 Å². The Bertz CT molecular complexity index is 1360. The van der Waals surface area contributed by atoms with Gasteiger partial charge in [0.25, 0.3) is 5.56 Å². The van der Waals surface area contributed by atoms with Gasteiger partial charge in [-0.1, -0.05) is 54.6 Å². The molecule has 0 N–H and O–H groups in total. The van der Waals surface area contributed by atoms with E-state index in [1.165, 1.54) is 0 Å². The van der Waals surface area contributed by atoms with Gasteiger partial charge in [0.15, 0.2) is 5.78 Å². The number of piperidine rings is 1. The quantitative estimate of drug-likeness (QED) is 0.416. The minimum absolute atomic E-state index is 0.0541. The van der Waals surface area contributed by atoms with Gasteiger partial charge in [-0.3, -0.25) is 19.1 Å². The van der Waals surface area contributed by atoms with Crippen LogP contribution in [0.3, 0.4) is 0 Å². The molecular formula is C28H26N4O2. The molecule has 34 heavy (non-hydrogen) atoms. The Balaban J connectivity index is 1.36. The predicted octanol–water partition coefficient (Wildman–Crippen LogP) is 4.61. The molecule has 5 rings (SSSR count). The highest BCUT2D eigenvalue weighted by Gasteiger charge is 2.29. The monoisotopic (exact) mass is 450 g/mol. The van der Waals surface area contributed by atoms with E-state index in [1.807, 2.05) is 66.7 Å². The van der Waals surface area contributed by atoms with Gasteiger partial charge in [0.05, 0.1) is 5.69 Å². The summed E-state index contributed by atoms with van der Waals surface area (Å²) in [5.41, 5.74) is 4.19. The number of ketones is 1. The fraction of sp³-hybridized carbons (Fsp3) is 0.214. The second-order valence-electron chi connectivity index (χ2n) is 8.61. The average Bonchev–Trinajstić information content (AvgIpc) is 2.91. The average molecular weight is 451 g/mol. The van der Waals surface area contributed by atoms with Crippen molar-refractivity contribution < 1.29 is 4.79 Å². The van der Waals surface area contributed by atoms with E-state index in [2.05, 4.69) is 9.88 Å². The first-order chi connectivity index (χ1) is 16.6. The first-order valence-corrected chi connectivity index (χ1v) is 11.5. The van der Waals surface area contributed by atoms with Crippen LogP contribution in [-0.2, 0) is 7.05 Å². The van der Waals surface area contributed by atoms with E-state index >= 15 is 0 Å². The van der Waals surface area contributed by atoms with E-state index in [9.17, 15) is 9.59 Å². The molecule has 170 valence electrons. The Morgan fingerprint density at radius 2 is 1.56 bits per heavy atom. The van der Waals surface area contributed by atoms with Gasteiger partial charge in [-0.25, -0.2) is 4.98 Å². The number of nitrogens with zero attached hydrogens (tertiary/aromatic N) is 4. The number of carbonyl (C=O) groups excluding carboxylic acids is 1. The molecular weight excluding hydrogens is 424 g/mol. The van der Waals surface area contributed by atoms with Gasteiger partial charge in [0.2, 0.25) is 5.95 Å². The Labute approximate surface area is 198 Å². The Hall–Kier alpha value is -4.06. The third-order valence-corrected chi connectivity index (χ3v) is 6.51. The fourth-order valence-electron chi connectivity index (χ4n) is 4.61. The molecule has 0 unspecified atom stereocenters. The van der Waals surface area contributed by atoms with Crippen LogP contribution in [0.1, 0.15) is 23.2 Å². The maximum atomic E-state index is 13.5. The van der Waals surface area contributed by atoms with Crippen molar-refractivity contribution >= 4 is 11.7 Å². The van der Waals surface area contributed by atoms with Crippen molar-refractivity contribution in [2.24, 2.45) is 13.0 Å². The number of Topliss-reactive ketones (excluding diaryl/α,β-unsaturated/α-hetero) is 1. The molecule has 0 saturated carbocycles. The second kappa shape index (κ2) is 9.43. The molecule has 2 aromatic heterocycles. The van der Waals surface area contributed by atoms with Gasteiger partial charge in [-0.15, -0.1) is 0 Å². The molecule has 1 saturated heterocycles. The number of aromatic nitrogens is 3. The van der Waals surface area contributed by atoms with Crippen molar-refractivity contribution in [3.8, 4) is 22.4 Å². The van der Waals surface area contributed by atoms with Gasteiger partial charge in [-0.2, -0.15) is 0 Å². The fourth-order valence-corrected chi connectivity index (χ4v) is 4.61. The summed E-state index contributed by atoms with van der Waals surface area (Å²) in [4.78, 5) is 37.1. The summed E-state index contributed by atoms with van der Waals surface area (Å²) in [6.07, 6.45) is 4.83. The standard InChI is InChI=1S/C28H26N4O2/c1-31-26(33)19-25(21-11-15-29-16-12-21)30-28(31)32-17-13-22(14-18-32)27(34)24-10-6-5-9-23(24)20-7-3-2-4-8-20/h2-12,15-16,19,22H,13-14,17-18H2,1H3. The van der Waals surface area contributed by atoms with Crippen molar-refractivity contribution in [2.75, 3.05) is 18.0 Å². The smallest absolute Gasteiger partial charge is 0.255 e. The summed E-state index contributed by atoms with van der Waals surface area (Å²) >= 11 is 0. The minimum Gasteiger partial charge on any atom is -0.342 e. The third-order valence-electron chi connectivity index (χ3n) is 6.51. The van der Waals surface area contributed by atoms with Crippen LogP contribution < -0.4 is 10.5 Å². The second-order valence-corrected chi connectivity index (χ2v) is 8.61. The van der Waals surface area contributed by atoms with Gasteiger partial charge in [-0.05, 0) is 36.1 Å².